The molecule has 2 heterocycles. The molecule has 2 aromatic heterocycles. The van der Waals surface area contributed by atoms with Crippen LogP contribution in [0.25, 0.3) is 11.0 Å². The van der Waals surface area contributed by atoms with Crippen molar-refractivity contribution >= 4 is 43.3 Å². The maximum absolute atomic E-state index is 7.89. The van der Waals surface area contributed by atoms with Gasteiger partial charge in [0.15, 0.2) is 0 Å². The number of nitrogen functional groups attached to an aromatic ring is 1. The molecule has 0 aliphatic carbocycles. The van der Waals surface area contributed by atoms with Gasteiger partial charge < -0.3 is 0 Å². The van der Waals surface area contributed by atoms with Crippen LogP contribution in [0.2, 0.25) is 0 Å². The van der Waals surface area contributed by atoms with Crippen molar-refractivity contribution in [1.82, 2.24) is 14.5 Å². The Bertz CT molecular complexity index is 657. The number of nitrogens with zero attached hydrogens (tertiary/aromatic N) is 3. The van der Waals surface area contributed by atoms with Gasteiger partial charge in [-0.25, -0.2) is 0 Å². The minimum atomic E-state index is 0.235. The SMILES string of the molecule is CNc1ncnc2c1c(C(=N)[Se])c(N)n2COCCOC. The van der Waals surface area contributed by atoms with Gasteiger partial charge in [0.2, 0.25) is 0 Å². The topological polar surface area (TPSA) is 111 Å². The van der Waals surface area contributed by atoms with Crippen molar-refractivity contribution in [3.63, 3.8) is 0 Å². The fourth-order valence-electron chi connectivity index (χ4n) is 2.04. The number of fused-ring (bicyclic) bond motifs is 1. The van der Waals surface area contributed by atoms with Crippen LogP contribution in [0, 0.1) is 5.41 Å². The first-order valence-electron chi connectivity index (χ1n) is 6.24. The van der Waals surface area contributed by atoms with E-state index in [-0.39, 0.29) is 11.3 Å². The molecular weight excluding hydrogens is 339 g/mol. The second-order valence-electron chi connectivity index (χ2n) is 4.22. The molecule has 9 heteroatoms. The summed E-state index contributed by atoms with van der Waals surface area (Å²) in [6.07, 6.45) is 1.45. The van der Waals surface area contributed by atoms with Crippen LogP contribution in [-0.4, -0.2) is 62.5 Å². The normalized spacial score (nSPS) is 11.0. The molecule has 0 bridgehead atoms. The zero-order chi connectivity index (χ0) is 15.4. The van der Waals surface area contributed by atoms with E-state index >= 15 is 0 Å². The van der Waals surface area contributed by atoms with Crippen LogP contribution in [0.1, 0.15) is 5.56 Å². The van der Waals surface area contributed by atoms with E-state index in [1.807, 2.05) is 0 Å². The molecule has 4 N–H and O–H groups in total. The second kappa shape index (κ2) is 6.86. The molecule has 21 heavy (non-hydrogen) atoms. The summed E-state index contributed by atoms with van der Waals surface area (Å²) in [4.78, 5) is 8.43. The van der Waals surface area contributed by atoms with Crippen LogP contribution in [0.3, 0.4) is 0 Å². The first-order valence-corrected chi connectivity index (χ1v) is 7.10. The average Bonchev–Trinajstić information content (AvgIpc) is 2.75. The predicted molar refractivity (Wildman–Crippen MR) is 81.9 cm³/mol. The summed E-state index contributed by atoms with van der Waals surface area (Å²) in [7, 11) is 3.37. The van der Waals surface area contributed by atoms with Crippen molar-refractivity contribution in [2.45, 2.75) is 6.73 Å². The summed E-state index contributed by atoms with van der Waals surface area (Å²) in [5.41, 5.74) is 7.35. The Labute approximate surface area is 130 Å². The first kappa shape index (κ1) is 15.7. The van der Waals surface area contributed by atoms with Crippen LogP contribution in [-0.2, 0) is 16.2 Å². The minimum absolute atomic E-state index is 0.235. The van der Waals surface area contributed by atoms with Gasteiger partial charge in [0, 0.05) is 0 Å². The molecular formula is C12H17N6O2Se. The first-order chi connectivity index (χ1) is 10.1. The quantitative estimate of drug-likeness (QED) is 0.371. The average molecular weight is 356 g/mol. The fraction of sp³-hybridized carbons (Fsp3) is 0.417. The number of methoxy groups -OCH3 is 1. The molecule has 0 saturated carbocycles. The third kappa shape index (κ3) is 3.01. The van der Waals surface area contributed by atoms with E-state index in [0.29, 0.717) is 41.4 Å². The van der Waals surface area contributed by atoms with E-state index in [2.05, 4.69) is 31.3 Å². The van der Waals surface area contributed by atoms with Crippen molar-refractivity contribution in [2.24, 2.45) is 0 Å². The molecule has 0 spiro atoms. The monoisotopic (exact) mass is 357 g/mol. The molecule has 1 radical (unpaired) electrons. The van der Waals surface area contributed by atoms with Crippen molar-refractivity contribution in [3.8, 4) is 0 Å². The van der Waals surface area contributed by atoms with Gasteiger partial charge in [0.1, 0.15) is 0 Å². The van der Waals surface area contributed by atoms with E-state index in [4.69, 9.17) is 20.6 Å². The number of nitrogens with one attached hydrogen (secondary N) is 2. The van der Waals surface area contributed by atoms with Crippen LogP contribution in [0.4, 0.5) is 11.6 Å². The predicted octanol–water partition coefficient (Wildman–Crippen LogP) is 0.170. The molecule has 113 valence electrons. The van der Waals surface area contributed by atoms with Crippen LogP contribution >= 0.6 is 0 Å². The van der Waals surface area contributed by atoms with Gasteiger partial charge in [-0.3, -0.25) is 0 Å². The van der Waals surface area contributed by atoms with E-state index in [9.17, 15) is 0 Å². The third-order valence-electron chi connectivity index (χ3n) is 3.00. The molecule has 0 fully saturated rings. The van der Waals surface area contributed by atoms with E-state index in [1.165, 1.54) is 6.33 Å². The molecule has 0 unspecified atom stereocenters. The molecule has 0 aliphatic heterocycles. The second-order valence-corrected chi connectivity index (χ2v) is 5.07. The molecule has 8 nitrogen and oxygen atoms in total. The van der Waals surface area contributed by atoms with Crippen LogP contribution in [0.15, 0.2) is 6.33 Å². The maximum atomic E-state index is 7.89. The molecule has 0 aliphatic rings. The Morgan fingerprint density at radius 3 is 2.86 bits per heavy atom. The number of rotatable bonds is 7. The zero-order valence-electron chi connectivity index (χ0n) is 11.8. The van der Waals surface area contributed by atoms with Crippen molar-refractivity contribution in [2.75, 3.05) is 38.4 Å². The van der Waals surface area contributed by atoms with Gasteiger partial charge in [-0.2, -0.15) is 0 Å². The summed E-state index contributed by atoms with van der Waals surface area (Å²) in [5, 5.41) is 11.6. The Morgan fingerprint density at radius 1 is 1.48 bits per heavy atom. The number of anilines is 2. The van der Waals surface area contributed by atoms with Gasteiger partial charge in [0.25, 0.3) is 0 Å². The number of aromatic nitrogens is 3. The summed E-state index contributed by atoms with van der Waals surface area (Å²) in [6.45, 7) is 1.18. The fourth-order valence-corrected chi connectivity index (χ4v) is 2.47. The summed E-state index contributed by atoms with van der Waals surface area (Å²) in [5.74, 6) is 1.04. The van der Waals surface area contributed by atoms with E-state index in [1.54, 1.807) is 18.7 Å². The number of hydrogen-bond acceptors (Lipinski definition) is 7. The Hall–Kier alpha value is -1.67. The van der Waals surface area contributed by atoms with Gasteiger partial charge >= 0.3 is 130 Å². The standard InChI is InChI=1S/C12H17N6O2Se/c1-15-11-8-7(10(14)21)9(13)18(6-20-4-3-19-2)12(8)17-5-16-11/h5,14H,3-4,6,13H2,1-2H3,(H,15,16,17). The summed E-state index contributed by atoms with van der Waals surface area (Å²) >= 11 is 2.68. The third-order valence-corrected chi connectivity index (χ3v) is 3.42. The van der Waals surface area contributed by atoms with Crippen molar-refractivity contribution < 1.29 is 9.47 Å². The Balaban J connectivity index is 2.50. The van der Waals surface area contributed by atoms with Crippen LogP contribution < -0.4 is 11.1 Å². The van der Waals surface area contributed by atoms with E-state index in [0.717, 1.165) is 0 Å². The van der Waals surface area contributed by atoms with Gasteiger partial charge in [0.05, 0.1) is 0 Å². The molecule has 0 atom stereocenters. The molecule has 2 rings (SSSR count). The molecule has 0 amide bonds. The number of hydrogen-bond donors (Lipinski definition) is 3. The number of ether oxygens (including phenoxy) is 2. The van der Waals surface area contributed by atoms with Gasteiger partial charge in [-0.15, -0.1) is 0 Å². The molecule has 2 aromatic rings. The molecule has 0 saturated heterocycles. The number of nitrogens with two attached hydrogens (primary N) is 1. The van der Waals surface area contributed by atoms with Crippen LogP contribution in [0.5, 0.6) is 0 Å². The summed E-state index contributed by atoms with van der Waals surface area (Å²) in [6, 6.07) is 0. The van der Waals surface area contributed by atoms with Crippen molar-refractivity contribution in [3.05, 3.63) is 11.9 Å². The van der Waals surface area contributed by atoms with Gasteiger partial charge in [-0.05, 0) is 0 Å². The molecule has 0 aromatic carbocycles. The zero-order valence-corrected chi connectivity index (χ0v) is 13.6. The Morgan fingerprint density at radius 2 is 2.24 bits per heavy atom. The van der Waals surface area contributed by atoms with Gasteiger partial charge in [-0.1, -0.05) is 0 Å². The Kier molecular flexibility index (Phi) is 5.13. The van der Waals surface area contributed by atoms with E-state index < -0.39 is 0 Å². The summed E-state index contributed by atoms with van der Waals surface area (Å²) < 4.78 is 12.4. The van der Waals surface area contributed by atoms with Crippen molar-refractivity contribution in [1.29, 1.82) is 5.41 Å².